The van der Waals surface area contributed by atoms with Crippen LogP contribution in [0, 0.1) is 0 Å². The van der Waals surface area contributed by atoms with Crippen molar-refractivity contribution in [3.63, 3.8) is 0 Å². The van der Waals surface area contributed by atoms with Gasteiger partial charge in [-0.25, -0.2) is 4.79 Å². The number of carboxylic acids is 1. The van der Waals surface area contributed by atoms with Gasteiger partial charge in [-0.05, 0) is 18.2 Å². The lowest BCUT2D eigenvalue weighted by molar-refractivity contribution is -0.143. The van der Waals surface area contributed by atoms with Crippen LogP contribution in [0.5, 0.6) is 0 Å². The van der Waals surface area contributed by atoms with E-state index in [1.807, 2.05) is 0 Å². The molecule has 0 radical (unpaired) electrons. The Hall–Kier alpha value is -1.43. The van der Waals surface area contributed by atoms with E-state index in [1.54, 1.807) is 0 Å². The first kappa shape index (κ1) is 11.1. The van der Waals surface area contributed by atoms with Gasteiger partial charge in [-0.15, -0.1) is 0 Å². The van der Waals surface area contributed by atoms with Crippen molar-refractivity contribution in [1.82, 2.24) is 5.32 Å². The van der Waals surface area contributed by atoms with Crippen LogP contribution in [-0.2, 0) is 4.79 Å². The summed E-state index contributed by atoms with van der Waals surface area (Å²) in [5.41, 5.74) is -0.781. The van der Waals surface area contributed by atoms with Gasteiger partial charge in [0.1, 0.15) is 11.8 Å². The molecule has 2 rings (SSSR count). The zero-order valence-corrected chi connectivity index (χ0v) is 9.25. The van der Waals surface area contributed by atoms with Crippen molar-refractivity contribution in [1.29, 1.82) is 0 Å². The van der Waals surface area contributed by atoms with Crippen molar-refractivity contribution in [2.75, 3.05) is 11.5 Å². The highest BCUT2D eigenvalue weighted by Crippen LogP contribution is 2.28. The van der Waals surface area contributed by atoms with E-state index in [1.165, 1.54) is 30.4 Å². The molecule has 2 heterocycles. The number of rotatable bonds is 3. The lowest BCUT2D eigenvalue weighted by Crippen LogP contribution is -2.54. The van der Waals surface area contributed by atoms with Crippen molar-refractivity contribution in [3.05, 3.63) is 24.2 Å². The van der Waals surface area contributed by atoms with Crippen LogP contribution in [0.25, 0.3) is 0 Å². The number of aliphatic carboxylic acids is 1. The largest absolute Gasteiger partial charge is 0.479 e. The van der Waals surface area contributed by atoms with Gasteiger partial charge in [-0.2, -0.15) is 11.8 Å². The number of carbonyl (C=O) groups excluding carboxylic acids is 1. The molecule has 0 bridgehead atoms. The van der Waals surface area contributed by atoms with E-state index >= 15 is 0 Å². The lowest BCUT2D eigenvalue weighted by Gasteiger charge is -2.24. The number of amides is 1. The highest BCUT2D eigenvalue weighted by molar-refractivity contribution is 7.99. The minimum absolute atomic E-state index is 0.345. The van der Waals surface area contributed by atoms with Crippen LogP contribution >= 0.6 is 11.8 Å². The van der Waals surface area contributed by atoms with Gasteiger partial charge in [0, 0.05) is 5.75 Å². The van der Waals surface area contributed by atoms with E-state index in [2.05, 4.69) is 5.32 Å². The molecular weight excluding hydrogens is 230 g/mol. The Bertz CT molecular complexity index is 395. The van der Waals surface area contributed by atoms with Gasteiger partial charge >= 0.3 is 5.97 Å². The molecule has 1 atom stereocenters. The van der Waals surface area contributed by atoms with E-state index in [-0.39, 0.29) is 0 Å². The lowest BCUT2D eigenvalue weighted by atomic mass is 9.99. The Labute approximate surface area is 96.2 Å². The van der Waals surface area contributed by atoms with E-state index in [0.717, 1.165) is 5.75 Å². The average Bonchev–Trinajstić information content (AvgIpc) is 2.88. The van der Waals surface area contributed by atoms with Gasteiger partial charge in [0.05, 0.1) is 11.8 Å². The maximum Gasteiger partial charge on any atom is 0.330 e. The van der Waals surface area contributed by atoms with Crippen LogP contribution < -0.4 is 5.32 Å². The Kier molecular flexibility index (Phi) is 2.91. The standard InChI is InChI=1S/C10H11NO4S/c12-8(7-1-3-15-5-7)11-10(9(13)14)2-4-16-6-10/h1,3,5H,2,4,6H2,(H,11,12)(H,13,14). The molecule has 2 N–H and O–H groups in total. The molecule has 1 saturated heterocycles. The zero-order valence-electron chi connectivity index (χ0n) is 8.43. The summed E-state index contributed by atoms with van der Waals surface area (Å²) in [6, 6.07) is 1.51. The van der Waals surface area contributed by atoms with Crippen molar-refractivity contribution in [2.24, 2.45) is 0 Å². The van der Waals surface area contributed by atoms with Crippen LogP contribution in [0.2, 0.25) is 0 Å². The number of thioether (sulfide) groups is 1. The van der Waals surface area contributed by atoms with Gasteiger partial charge in [0.15, 0.2) is 0 Å². The van der Waals surface area contributed by atoms with Crippen LogP contribution in [0.4, 0.5) is 0 Å². The summed E-state index contributed by atoms with van der Waals surface area (Å²) in [6.07, 6.45) is 3.13. The molecule has 16 heavy (non-hydrogen) atoms. The van der Waals surface area contributed by atoms with Crippen LogP contribution in [0.3, 0.4) is 0 Å². The van der Waals surface area contributed by atoms with Crippen molar-refractivity contribution in [2.45, 2.75) is 12.0 Å². The average molecular weight is 241 g/mol. The Morgan fingerprint density at radius 1 is 1.56 bits per heavy atom. The summed E-state index contributed by atoms with van der Waals surface area (Å²) in [7, 11) is 0. The minimum Gasteiger partial charge on any atom is -0.479 e. The number of furan rings is 1. The van der Waals surface area contributed by atoms with Crippen LogP contribution in [0.1, 0.15) is 16.8 Å². The third kappa shape index (κ3) is 1.92. The fourth-order valence-electron chi connectivity index (χ4n) is 1.57. The predicted octanol–water partition coefficient (Wildman–Crippen LogP) is 0.970. The molecular formula is C10H11NO4S. The molecule has 0 aliphatic carbocycles. The first-order chi connectivity index (χ1) is 7.64. The van der Waals surface area contributed by atoms with E-state index in [9.17, 15) is 9.59 Å². The molecule has 1 amide bonds. The molecule has 1 fully saturated rings. The van der Waals surface area contributed by atoms with Crippen LogP contribution in [-0.4, -0.2) is 34.0 Å². The van der Waals surface area contributed by atoms with Gasteiger partial charge < -0.3 is 14.8 Å². The van der Waals surface area contributed by atoms with Crippen LogP contribution in [0.15, 0.2) is 23.0 Å². The highest BCUT2D eigenvalue weighted by Gasteiger charge is 2.43. The van der Waals surface area contributed by atoms with Crippen molar-refractivity contribution in [3.8, 4) is 0 Å². The normalized spacial score (nSPS) is 24.2. The van der Waals surface area contributed by atoms with Gasteiger partial charge in [0.2, 0.25) is 0 Å². The first-order valence-electron chi connectivity index (χ1n) is 4.80. The van der Waals surface area contributed by atoms with Gasteiger partial charge in [0.25, 0.3) is 5.91 Å². The number of nitrogens with one attached hydrogen (secondary N) is 1. The minimum atomic E-state index is -1.13. The third-order valence-electron chi connectivity index (χ3n) is 2.57. The molecule has 5 nitrogen and oxygen atoms in total. The number of carboxylic acid groups (broad SMARTS) is 1. The fourth-order valence-corrected chi connectivity index (χ4v) is 2.89. The van der Waals surface area contributed by atoms with E-state index < -0.39 is 17.4 Å². The predicted molar refractivity (Wildman–Crippen MR) is 58.5 cm³/mol. The molecule has 1 unspecified atom stereocenters. The SMILES string of the molecule is O=C(NC1(C(=O)O)CCSC1)c1ccoc1. The number of hydrogen-bond acceptors (Lipinski definition) is 4. The zero-order chi connectivity index (χ0) is 11.6. The number of carbonyl (C=O) groups is 2. The molecule has 1 aliphatic rings. The molecule has 1 aromatic heterocycles. The second-order valence-corrected chi connectivity index (χ2v) is 4.76. The molecule has 6 heteroatoms. The maximum atomic E-state index is 11.7. The number of hydrogen-bond donors (Lipinski definition) is 2. The van der Waals surface area contributed by atoms with Gasteiger partial charge in [-0.3, -0.25) is 4.79 Å². The Morgan fingerprint density at radius 3 is 2.88 bits per heavy atom. The third-order valence-corrected chi connectivity index (χ3v) is 3.76. The summed E-state index contributed by atoms with van der Waals surface area (Å²) in [6.45, 7) is 0. The maximum absolute atomic E-state index is 11.7. The monoisotopic (exact) mass is 241 g/mol. The van der Waals surface area contributed by atoms with Gasteiger partial charge in [-0.1, -0.05) is 0 Å². The quantitative estimate of drug-likeness (QED) is 0.824. The molecule has 0 saturated carbocycles. The second-order valence-electron chi connectivity index (χ2n) is 3.66. The van der Waals surface area contributed by atoms with E-state index in [0.29, 0.717) is 17.7 Å². The smallest absolute Gasteiger partial charge is 0.330 e. The summed E-state index contributed by atoms with van der Waals surface area (Å²) in [5, 5.41) is 11.7. The molecule has 1 aromatic rings. The topological polar surface area (TPSA) is 79.5 Å². The summed E-state index contributed by atoms with van der Waals surface area (Å²) < 4.78 is 4.78. The Balaban J connectivity index is 2.13. The summed E-state index contributed by atoms with van der Waals surface area (Å²) >= 11 is 1.53. The Morgan fingerprint density at radius 2 is 2.38 bits per heavy atom. The first-order valence-corrected chi connectivity index (χ1v) is 5.95. The highest BCUT2D eigenvalue weighted by atomic mass is 32.2. The summed E-state index contributed by atoms with van der Waals surface area (Å²) in [5.74, 6) is -0.225. The van der Waals surface area contributed by atoms with Crippen molar-refractivity contribution >= 4 is 23.6 Å². The molecule has 86 valence electrons. The second kappa shape index (κ2) is 4.21. The molecule has 0 aromatic carbocycles. The fraction of sp³-hybridized carbons (Fsp3) is 0.400. The van der Waals surface area contributed by atoms with E-state index in [4.69, 9.17) is 9.52 Å². The molecule has 0 spiro atoms. The summed E-state index contributed by atoms with van der Waals surface area (Å²) in [4.78, 5) is 22.9. The van der Waals surface area contributed by atoms with Crippen molar-refractivity contribution < 1.29 is 19.1 Å². The molecule has 1 aliphatic heterocycles.